The molecule has 38 heavy (non-hydrogen) atoms. The molecule has 2 heterocycles. The molecule has 0 aliphatic carbocycles. The summed E-state index contributed by atoms with van der Waals surface area (Å²) in [6.45, 7) is 14.3. The van der Waals surface area contributed by atoms with Crippen LogP contribution in [0, 0.1) is 0 Å². The van der Waals surface area contributed by atoms with Crippen LogP contribution in [-0.2, 0) is 15.0 Å². The number of piperazine rings is 1. The number of nitrogens with zero attached hydrogens (tertiary/aromatic N) is 3. The van der Waals surface area contributed by atoms with E-state index in [4.69, 9.17) is 9.90 Å². The van der Waals surface area contributed by atoms with Gasteiger partial charge in [0.1, 0.15) is 0 Å². The summed E-state index contributed by atoms with van der Waals surface area (Å²) in [6.07, 6.45) is -1.17. The molecule has 2 aliphatic rings. The maximum Gasteiger partial charge on any atom is 0.490 e. The molecule has 0 unspecified atom stereocenters. The fraction of sp³-hybridized carbons (Fsp3) is 0.667. The predicted octanol–water partition coefficient (Wildman–Crippen LogP) is 3.37. The summed E-state index contributed by atoms with van der Waals surface area (Å²) in [4.78, 5) is 41.1. The number of rotatable bonds is 8. The second-order valence-electron chi connectivity index (χ2n) is 10.7. The molecule has 8 nitrogen and oxygen atoms in total. The van der Waals surface area contributed by atoms with Crippen LogP contribution >= 0.6 is 0 Å². The van der Waals surface area contributed by atoms with Crippen LogP contribution in [0.2, 0.25) is 0 Å². The van der Waals surface area contributed by atoms with Gasteiger partial charge >= 0.3 is 12.1 Å². The molecule has 1 aromatic rings. The predicted molar refractivity (Wildman–Crippen MR) is 139 cm³/mol. The molecule has 2 amide bonds. The average molecular weight is 543 g/mol. The van der Waals surface area contributed by atoms with Crippen LogP contribution in [0.5, 0.6) is 0 Å². The number of alkyl halides is 3. The lowest BCUT2D eigenvalue weighted by molar-refractivity contribution is -0.192. The molecule has 214 valence electrons. The minimum Gasteiger partial charge on any atom is -0.475 e. The molecule has 0 aromatic heterocycles. The van der Waals surface area contributed by atoms with Gasteiger partial charge in [0.05, 0.1) is 0 Å². The smallest absolute Gasteiger partial charge is 0.475 e. The Morgan fingerprint density at radius 1 is 0.947 bits per heavy atom. The van der Waals surface area contributed by atoms with Crippen molar-refractivity contribution < 1.29 is 32.7 Å². The highest BCUT2D eigenvalue weighted by Gasteiger charge is 2.38. The number of hydrogen-bond acceptors (Lipinski definition) is 5. The van der Waals surface area contributed by atoms with Gasteiger partial charge in [0, 0.05) is 51.3 Å². The monoisotopic (exact) mass is 542 g/mol. The summed E-state index contributed by atoms with van der Waals surface area (Å²) in [5.41, 5.74) is 1.99. The number of carboxylic acids is 1. The second kappa shape index (κ2) is 14.5. The molecule has 2 N–H and O–H groups in total. The molecule has 0 saturated carbocycles. The zero-order valence-corrected chi connectivity index (χ0v) is 22.6. The van der Waals surface area contributed by atoms with Gasteiger partial charge in [-0.05, 0) is 62.0 Å². The van der Waals surface area contributed by atoms with Crippen molar-refractivity contribution in [1.82, 2.24) is 20.0 Å². The molecule has 11 heteroatoms. The fourth-order valence-corrected chi connectivity index (χ4v) is 4.40. The van der Waals surface area contributed by atoms with Gasteiger partial charge in [-0.2, -0.15) is 13.2 Å². The van der Waals surface area contributed by atoms with Gasteiger partial charge in [0.15, 0.2) is 0 Å². The van der Waals surface area contributed by atoms with E-state index in [0.29, 0.717) is 25.1 Å². The number of carbonyl (C=O) groups is 3. The largest absolute Gasteiger partial charge is 0.490 e. The summed E-state index contributed by atoms with van der Waals surface area (Å²) >= 11 is 0. The lowest BCUT2D eigenvalue weighted by Gasteiger charge is -2.29. The quantitative estimate of drug-likeness (QED) is 0.524. The molecule has 1 aromatic carbocycles. The Labute approximate surface area is 223 Å². The van der Waals surface area contributed by atoms with Crippen molar-refractivity contribution in [1.29, 1.82) is 0 Å². The minimum atomic E-state index is -5.08. The minimum absolute atomic E-state index is 0.0370. The lowest BCUT2D eigenvalue weighted by atomic mass is 9.86. The zero-order valence-electron chi connectivity index (χ0n) is 22.6. The highest BCUT2D eigenvalue weighted by Crippen LogP contribution is 2.22. The number of aliphatic carboxylic acids is 1. The highest BCUT2D eigenvalue weighted by atomic mass is 19.4. The average Bonchev–Trinajstić information content (AvgIpc) is 3.39. The van der Waals surface area contributed by atoms with Crippen molar-refractivity contribution in [3.63, 3.8) is 0 Å². The molecule has 0 atom stereocenters. The van der Waals surface area contributed by atoms with Crippen LogP contribution < -0.4 is 5.32 Å². The van der Waals surface area contributed by atoms with Crippen molar-refractivity contribution in [2.24, 2.45) is 0 Å². The normalized spacial score (nSPS) is 16.5. The van der Waals surface area contributed by atoms with Crippen LogP contribution in [0.25, 0.3) is 0 Å². The zero-order chi connectivity index (χ0) is 28.3. The third-order valence-electron chi connectivity index (χ3n) is 6.69. The van der Waals surface area contributed by atoms with Gasteiger partial charge in [0.25, 0.3) is 5.91 Å². The first kappa shape index (κ1) is 31.6. The standard InChI is InChI=1S/C25H40N4O2.C2HF3O2/c1-25(2,3)22-9-7-21(8-10-22)24(31)29(17-6-16-27-14-4-5-15-27)18-11-23(30)28-19-12-26-13-20-28;3-2(4,5)1(6)7/h7-10,26H,4-6,11-20H2,1-3H3;(H,6,7). The molecular formula is C27H41F3N4O4. The van der Waals surface area contributed by atoms with Crippen LogP contribution in [0.3, 0.4) is 0 Å². The molecule has 3 rings (SSSR count). The topological polar surface area (TPSA) is 93.2 Å². The van der Waals surface area contributed by atoms with Crippen LogP contribution in [0.4, 0.5) is 13.2 Å². The van der Waals surface area contributed by atoms with E-state index in [-0.39, 0.29) is 17.2 Å². The molecule has 0 radical (unpaired) electrons. The molecule has 0 spiro atoms. The first-order chi connectivity index (χ1) is 17.8. The maximum absolute atomic E-state index is 13.3. The highest BCUT2D eigenvalue weighted by molar-refractivity contribution is 5.94. The van der Waals surface area contributed by atoms with E-state index in [1.165, 1.54) is 31.5 Å². The van der Waals surface area contributed by atoms with E-state index < -0.39 is 12.1 Å². The number of likely N-dealkylation sites (tertiary alicyclic amines) is 1. The number of benzene rings is 1. The van der Waals surface area contributed by atoms with Gasteiger partial charge in [-0.3, -0.25) is 9.59 Å². The summed E-state index contributed by atoms with van der Waals surface area (Å²) in [7, 11) is 0. The number of halogens is 3. The van der Waals surface area contributed by atoms with E-state index in [9.17, 15) is 22.8 Å². The first-order valence-corrected chi connectivity index (χ1v) is 13.2. The van der Waals surface area contributed by atoms with Crippen LogP contribution in [0.1, 0.15) is 62.4 Å². The van der Waals surface area contributed by atoms with Crippen molar-refractivity contribution in [2.75, 3.05) is 58.9 Å². The Hall–Kier alpha value is -2.66. The molecular weight excluding hydrogens is 501 g/mol. The summed E-state index contributed by atoms with van der Waals surface area (Å²) in [6, 6.07) is 7.99. The SMILES string of the molecule is CC(C)(C)c1ccc(C(=O)N(CCCN2CCCC2)CCC(=O)N2CCNCC2)cc1.O=C(O)C(F)(F)F. The molecule has 2 aliphatic heterocycles. The van der Waals surface area contributed by atoms with Gasteiger partial charge in [0.2, 0.25) is 5.91 Å². The fourth-order valence-electron chi connectivity index (χ4n) is 4.40. The Bertz CT molecular complexity index is 904. The van der Waals surface area contributed by atoms with Gasteiger partial charge in [-0.1, -0.05) is 32.9 Å². The Kier molecular flexibility index (Phi) is 12.0. The number of carbonyl (C=O) groups excluding carboxylic acids is 2. The number of hydrogen-bond donors (Lipinski definition) is 2. The van der Waals surface area contributed by atoms with Crippen molar-refractivity contribution in [3.8, 4) is 0 Å². The number of nitrogens with one attached hydrogen (secondary N) is 1. The molecule has 0 bridgehead atoms. The van der Waals surface area contributed by atoms with Gasteiger partial charge < -0.3 is 25.1 Å². The van der Waals surface area contributed by atoms with Gasteiger partial charge in [-0.15, -0.1) is 0 Å². The third-order valence-corrected chi connectivity index (χ3v) is 6.69. The summed E-state index contributed by atoms with van der Waals surface area (Å²) < 4.78 is 31.7. The second-order valence-corrected chi connectivity index (χ2v) is 10.7. The summed E-state index contributed by atoms with van der Waals surface area (Å²) in [5, 5.41) is 10.4. The van der Waals surface area contributed by atoms with E-state index in [1.807, 2.05) is 21.9 Å². The Balaban J connectivity index is 0.000000638. The van der Waals surface area contributed by atoms with Crippen LogP contribution in [0.15, 0.2) is 24.3 Å². The van der Waals surface area contributed by atoms with E-state index in [1.54, 1.807) is 0 Å². The Morgan fingerprint density at radius 3 is 2.00 bits per heavy atom. The van der Waals surface area contributed by atoms with Crippen molar-refractivity contribution >= 4 is 17.8 Å². The molecule has 2 saturated heterocycles. The van der Waals surface area contributed by atoms with Crippen molar-refractivity contribution in [2.45, 2.75) is 58.0 Å². The molecule has 2 fully saturated rings. The third kappa shape index (κ3) is 10.6. The van der Waals surface area contributed by atoms with Crippen LogP contribution in [-0.4, -0.2) is 103 Å². The number of carboxylic acid groups (broad SMARTS) is 1. The van der Waals surface area contributed by atoms with E-state index in [2.05, 4.69) is 43.1 Å². The van der Waals surface area contributed by atoms with Gasteiger partial charge in [-0.25, -0.2) is 4.79 Å². The maximum atomic E-state index is 13.3. The Morgan fingerprint density at radius 2 is 1.50 bits per heavy atom. The number of amides is 2. The summed E-state index contributed by atoms with van der Waals surface area (Å²) in [5.74, 6) is -2.57. The first-order valence-electron chi connectivity index (χ1n) is 13.2. The van der Waals surface area contributed by atoms with Crippen molar-refractivity contribution in [3.05, 3.63) is 35.4 Å². The van der Waals surface area contributed by atoms with E-state index in [0.717, 1.165) is 39.1 Å². The van der Waals surface area contributed by atoms with E-state index >= 15 is 0 Å². The lowest BCUT2D eigenvalue weighted by Crippen LogP contribution is -2.47.